The lowest BCUT2D eigenvalue weighted by atomic mass is 9.80. The summed E-state index contributed by atoms with van der Waals surface area (Å²) >= 11 is 0. The number of carbonyl (C=O) groups is 1. The summed E-state index contributed by atoms with van der Waals surface area (Å²) in [6.07, 6.45) is 21.0. The van der Waals surface area contributed by atoms with E-state index in [0.29, 0.717) is 12.2 Å². The van der Waals surface area contributed by atoms with E-state index >= 15 is 0 Å². The number of ether oxygens (including phenoxy) is 1. The zero-order valence-electron chi connectivity index (χ0n) is 21.1. The third-order valence-electron chi connectivity index (χ3n) is 6.61. The molecule has 0 aliphatic heterocycles. The van der Waals surface area contributed by atoms with Crippen molar-refractivity contribution in [3.63, 3.8) is 0 Å². The van der Waals surface area contributed by atoms with Gasteiger partial charge in [-0.3, -0.25) is 0 Å². The Morgan fingerprint density at radius 2 is 1.13 bits per heavy atom. The van der Waals surface area contributed by atoms with Crippen molar-refractivity contribution in [1.29, 1.82) is 0 Å². The summed E-state index contributed by atoms with van der Waals surface area (Å²) in [6.45, 7) is 9.46. The molecule has 2 heteroatoms. The number of unbranched alkanes of at least 4 members (excludes halogenated alkanes) is 12. The van der Waals surface area contributed by atoms with Crippen LogP contribution in [0, 0.1) is 12.3 Å². The molecule has 0 aliphatic carbocycles. The summed E-state index contributed by atoms with van der Waals surface area (Å²) in [5.74, 6) is -0.176. The van der Waals surface area contributed by atoms with Crippen LogP contribution in [0.2, 0.25) is 0 Å². The van der Waals surface area contributed by atoms with Gasteiger partial charge in [0.1, 0.15) is 0 Å². The summed E-state index contributed by atoms with van der Waals surface area (Å²) in [7, 11) is 0. The van der Waals surface area contributed by atoms with E-state index in [9.17, 15) is 4.79 Å². The van der Waals surface area contributed by atoms with Gasteiger partial charge in [-0.05, 0) is 31.9 Å². The highest BCUT2D eigenvalue weighted by molar-refractivity contribution is 5.89. The second kappa shape index (κ2) is 17.3. The van der Waals surface area contributed by atoms with Crippen LogP contribution in [-0.4, -0.2) is 12.6 Å². The van der Waals surface area contributed by atoms with E-state index in [1.165, 1.54) is 95.5 Å². The molecule has 0 saturated carbocycles. The first-order valence-electron chi connectivity index (χ1n) is 13.2. The summed E-state index contributed by atoms with van der Waals surface area (Å²) in [4.78, 5) is 12.5. The van der Waals surface area contributed by atoms with E-state index in [4.69, 9.17) is 4.74 Å². The molecule has 0 amide bonds. The molecule has 0 radical (unpaired) electrons. The third kappa shape index (κ3) is 13.7. The van der Waals surface area contributed by atoms with E-state index in [-0.39, 0.29) is 11.4 Å². The van der Waals surface area contributed by atoms with Gasteiger partial charge in [-0.15, -0.1) is 0 Å². The number of hydrogen-bond acceptors (Lipinski definition) is 2. The molecule has 0 aromatic heterocycles. The lowest BCUT2D eigenvalue weighted by Gasteiger charge is -2.29. The van der Waals surface area contributed by atoms with Crippen LogP contribution in [0.1, 0.15) is 139 Å². The highest BCUT2D eigenvalue weighted by Crippen LogP contribution is 2.32. The predicted octanol–water partition coefficient (Wildman–Crippen LogP) is 9.44. The highest BCUT2D eigenvalue weighted by Gasteiger charge is 2.26. The van der Waals surface area contributed by atoms with E-state index in [2.05, 4.69) is 20.8 Å². The molecule has 0 spiro atoms. The minimum absolute atomic E-state index is 0.104. The highest BCUT2D eigenvalue weighted by atomic mass is 16.5. The minimum atomic E-state index is -0.176. The molecule has 31 heavy (non-hydrogen) atoms. The van der Waals surface area contributed by atoms with E-state index in [1.54, 1.807) is 0 Å². The number of esters is 1. The fourth-order valence-electron chi connectivity index (χ4n) is 4.30. The van der Waals surface area contributed by atoms with Crippen LogP contribution in [0.4, 0.5) is 0 Å². The maximum absolute atomic E-state index is 12.5. The summed E-state index contributed by atoms with van der Waals surface area (Å²) < 4.78 is 5.81. The molecule has 0 N–H and O–H groups in total. The average Bonchev–Trinajstić information content (AvgIpc) is 2.77. The largest absolute Gasteiger partial charge is 0.462 e. The Balaban J connectivity index is 2.44. The molecule has 0 aliphatic rings. The van der Waals surface area contributed by atoms with Gasteiger partial charge >= 0.3 is 5.97 Å². The molecule has 1 aromatic rings. The van der Waals surface area contributed by atoms with Crippen molar-refractivity contribution in [3.05, 3.63) is 35.4 Å². The Morgan fingerprint density at radius 1 is 0.710 bits per heavy atom. The van der Waals surface area contributed by atoms with Gasteiger partial charge in [-0.25, -0.2) is 4.79 Å². The van der Waals surface area contributed by atoms with Crippen LogP contribution < -0.4 is 0 Å². The maximum atomic E-state index is 12.5. The molecule has 1 atom stereocenters. The molecular formula is C29H50O2. The van der Waals surface area contributed by atoms with Crippen molar-refractivity contribution in [3.8, 4) is 0 Å². The van der Waals surface area contributed by atoms with Crippen molar-refractivity contribution in [1.82, 2.24) is 0 Å². The Morgan fingerprint density at radius 3 is 1.58 bits per heavy atom. The van der Waals surface area contributed by atoms with Gasteiger partial charge in [-0.2, -0.15) is 0 Å². The Kier molecular flexibility index (Phi) is 15.4. The first-order valence-corrected chi connectivity index (χ1v) is 13.2. The van der Waals surface area contributed by atoms with Crippen LogP contribution in [0.5, 0.6) is 0 Å². The van der Waals surface area contributed by atoms with Crippen molar-refractivity contribution < 1.29 is 9.53 Å². The first-order chi connectivity index (χ1) is 15.0. The zero-order chi connectivity index (χ0) is 22.8. The van der Waals surface area contributed by atoms with Crippen LogP contribution in [0.25, 0.3) is 0 Å². The second-order valence-corrected chi connectivity index (χ2v) is 10.00. The second-order valence-electron chi connectivity index (χ2n) is 10.00. The molecule has 0 saturated heterocycles. The Bertz CT molecular complexity index is 563. The first kappa shape index (κ1) is 27.7. The molecule has 2 nitrogen and oxygen atoms in total. The van der Waals surface area contributed by atoms with Gasteiger partial charge in [0.25, 0.3) is 0 Å². The summed E-state index contributed by atoms with van der Waals surface area (Å²) in [5.41, 5.74) is 1.94. The Hall–Kier alpha value is -1.31. The van der Waals surface area contributed by atoms with Crippen LogP contribution in [0.15, 0.2) is 24.3 Å². The standard InChI is InChI=1S/C29H50O2/c1-5-7-9-11-13-14-16-18-24-29(4,23-17-15-12-10-8-6-2)25-31-28(30)27-21-19-26(3)20-22-27/h19-22H,5-18,23-25H2,1-4H3. The van der Waals surface area contributed by atoms with Crippen molar-refractivity contribution in [2.45, 2.75) is 130 Å². The molecule has 0 heterocycles. The molecule has 1 rings (SSSR count). The topological polar surface area (TPSA) is 26.3 Å². The van der Waals surface area contributed by atoms with Crippen LogP contribution >= 0.6 is 0 Å². The minimum Gasteiger partial charge on any atom is -0.462 e. The van der Waals surface area contributed by atoms with Gasteiger partial charge in [-0.1, -0.05) is 128 Å². The predicted molar refractivity (Wildman–Crippen MR) is 135 cm³/mol. The smallest absolute Gasteiger partial charge is 0.338 e. The Labute approximate surface area is 193 Å². The van der Waals surface area contributed by atoms with Crippen LogP contribution in [-0.2, 0) is 4.74 Å². The van der Waals surface area contributed by atoms with Gasteiger partial charge in [0, 0.05) is 5.41 Å². The van der Waals surface area contributed by atoms with Gasteiger partial charge in [0.15, 0.2) is 0 Å². The lowest BCUT2D eigenvalue weighted by molar-refractivity contribution is 0.0264. The summed E-state index contributed by atoms with van der Waals surface area (Å²) in [5, 5.41) is 0. The van der Waals surface area contributed by atoms with Crippen molar-refractivity contribution in [2.75, 3.05) is 6.61 Å². The zero-order valence-corrected chi connectivity index (χ0v) is 21.1. The molecule has 1 unspecified atom stereocenters. The number of carbonyl (C=O) groups excluding carboxylic acids is 1. The molecule has 178 valence electrons. The van der Waals surface area contributed by atoms with Crippen molar-refractivity contribution in [2.24, 2.45) is 5.41 Å². The monoisotopic (exact) mass is 430 g/mol. The fourth-order valence-corrected chi connectivity index (χ4v) is 4.30. The maximum Gasteiger partial charge on any atom is 0.338 e. The molecule has 1 aromatic carbocycles. The normalized spacial score (nSPS) is 13.2. The average molecular weight is 431 g/mol. The fraction of sp³-hybridized carbons (Fsp3) is 0.759. The van der Waals surface area contributed by atoms with E-state index < -0.39 is 0 Å². The lowest BCUT2D eigenvalue weighted by Crippen LogP contribution is -2.25. The van der Waals surface area contributed by atoms with Crippen molar-refractivity contribution >= 4 is 5.97 Å². The number of benzene rings is 1. The van der Waals surface area contributed by atoms with Gasteiger partial charge in [0.05, 0.1) is 12.2 Å². The number of aryl methyl sites for hydroxylation is 1. The van der Waals surface area contributed by atoms with Gasteiger partial charge in [0.2, 0.25) is 0 Å². The quantitative estimate of drug-likeness (QED) is 0.161. The number of hydrogen-bond donors (Lipinski definition) is 0. The van der Waals surface area contributed by atoms with Crippen LogP contribution in [0.3, 0.4) is 0 Å². The number of rotatable bonds is 19. The van der Waals surface area contributed by atoms with Gasteiger partial charge < -0.3 is 4.74 Å². The molecular weight excluding hydrogens is 380 g/mol. The van der Waals surface area contributed by atoms with E-state index in [0.717, 1.165) is 12.8 Å². The third-order valence-corrected chi connectivity index (χ3v) is 6.61. The molecule has 0 fully saturated rings. The molecule has 0 bridgehead atoms. The summed E-state index contributed by atoms with van der Waals surface area (Å²) in [6, 6.07) is 7.71. The van der Waals surface area contributed by atoms with E-state index in [1.807, 2.05) is 31.2 Å². The SMILES string of the molecule is CCCCCCCCCCC(C)(CCCCCCCC)COC(=O)c1ccc(C)cc1.